The van der Waals surface area contributed by atoms with Crippen molar-refractivity contribution in [2.75, 3.05) is 17.7 Å². The van der Waals surface area contributed by atoms with Crippen molar-refractivity contribution < 1.29 is 19.1 Å². The maximum absolute atomic E-state index is 11.8. The van der Waals surface area contributed by atoms with Gasteiger partial charge in [-0.3, -0.25) is 10.1 Å². The topological polar surface area (TPSA) is 76.7 Å². The summed E-state index contributed by atoms with van der Waals surface area (Å²) in [4.78, 5) is 23.6. The van der Waals surface area contributed by atoms with Gasteiger partial charge in [-0.25, -0.2) is 4.79 Å². The smallest absolute Gasteiger partial charge is 0.412 e. The molecule has 0 fully saturated rings. The highest BCUT2D eigenvalue weighted by molar-refractivity contribution is 5.99. The lowest BCUT2D eigenvalue weighted by Crippen LogP contribution is -2.29. The molecule has 6 nitrogen and oxygen atoms in total. The first-order chi connectivity index (χ1) is 9.73. The second kappa shape index (κ2) is 7.08. The third-order valence-corrected chi connectivity index (χ3v) is 2.54. The summed E-state index contributed by atoms with van der Waals surface area (Å²) in [5, 5.41) is 5.31. The van der Waals surface area contributed by atoms with Gasteiger partial charge in [0.1, 0.15) is 11.7 Å². The van der Waals surface area contributed by atoms with Crippen LogP contribution in [0.4, 0.5) is 16.2 Å². The van der Waals surface area contributed by atoms with E-state index in [1.165, 1.54) is 7.11 Å². The molecule has 6 heteroatoms. The summed E-state index contributed by atoms with van der Waals surface area (Å²) in [6.07, 6.45) is -1.16. The second-order valence-electron chi connectivity index (χ2n) is 5.54. The van der Waals surface area contributed by atoms with E-state index in [0.717, 1.165) is 0 Å². The molecule has 116 valence electrons. The number of hydrogen-bond acceptors (Lipinski definition) is 4. The fourth-order valence-corrected chi connectivity index (χ4v) is 1.46. The molecule has 0 aromatic heterocycles. The number of ether oxygens (including phenoxy) is 2. The minimum absolute atomic E-state index is 0.295. The number of methoxy groups -OCH3 is 1. The van der Waals surface area contributed by atoms with Crippen LogP contribution < -0.4 is 10.6 Å². The molecule has 1 aromatic rings. The number of carbonyl (C=O) groups is 2. The highest BCUT2D eigenvalue weighted by Gasteiger charge is 2.18. The molecular formula is C15H22N2O4. The van der Waals surface area contributed by atoms with Crippen LogP contribution >= 0.6 is 0 Å². The Labute approximate surface area is 124 Å². The van der Waals surface area contributed by atoms with E-state index in [-0.39, 0.29) is 5.91 Å². The minimum atomic E-state index is -0.590. The summed E-state index contributed by atoms with van der Waals surface area (Å²) in [5.41, 5.74) is 0.355. The number of hydrogen-bond donors (Lipinski definition) is 2. The van der Waals surface area contributed by atoms with E-state index in [1.54, 1.807) is 52.0 Å². The van der Waals surface area contributed by atoms with Gasteiger partial charge in [-0.1, -0.05) is 12.1 Å². The molecule has 0 aliphatic carbocycles. The van der Waals surface area contributed by atoms with E-state index in [4.69, 9.17) is 9.47 Å². The number of carbonyl (C=O) groups excluding carboxylic acids is 2. The molecule has 0 bridgehead atoms. The molecule has 1 rings (SSSR count). The normalized spacial score (nSPS) is 12.4. The first kappa shape index (κ1) is 17.0. The van der Waals surface area contributed by atoms with Crippen LogP contribution in [0.3, 0.4) is 0 Å². The zero-order valence-corrected chi connectivity index (χ0v) is 13.0. The predicted octanol–water partition coefficient (Wildman–Crippen LogP) is 3.01. The fourth-order valence-electron chi connectivity index (χ4n) is 1.46. The molecule has 1 atom stereocenters. The molecule has 21 heavy (non-hydrogen) atoms. The first-order valence-corrected chi connectivity index (χ1v) is 6.65. The quantitative estimate of drug-likeness (QED) is 0.895. The Balaban J connectivity index is 2.80. The van der Waals surface area contributed by atoms with E-state index >= 15 is 0 Å². The molecule has 2 N–H and O–H groups in total. The number of anilines is 2. The monoisotopic (exact) mass is 294 g/mol. The Morgan fingerprint density at radius 2 is 1.62 bits per heavy atom. The molecule has 0 aliphatic rings. The Kier molecular flexibility index (Phi) is 5.72. The van der Waals surface area contributed by atoms with Crippen LogP contribution in [0.15, 0.2) is 24.3 Å². The number of nitrogens with one attached hydrogen (secondary N) is 2. The average Bonchev–Trinajstić information content (AvgIpc) is 2.37. The van der Waals surface area contributed by atoms with Crippen molar-refractivity contribution in [1.82, 2.24) is 0 Å². The van der Waals surface area contributed by atoms with Crippen molar-refractivity contribution in [1.29, 1.82) is 0 Å². The van der Waals surface area contributed by atoms with E-state index in [1.807, 2.05) is 0 Å². The molecule has 0 heterocycles. The van der Waals surface area contributed by atoms with Crippen LogP contribution in [0.1, 0.15) is 27.7 Å². The third kappa shape index (κ3) is 5.83. The summed E-state index contributed by atoms with van der Waals surface area (Å²) in [5.74, 6) is -0.295. The van der Waals surface area contributed by atoms with Gasteiger partial charge in [0.15, 0.2) is 0 Å². The van der Waals surface area contributed by atoms with Crippen LogP contribution in [0.25, 0.3) is 0 Å². The zero-order valence-electron chi connectivity index (χ0n) is 13.0. The Morgan fingerprint density at radius 3 is 2.10 bits per heavy atom. The molecule has 0 aliphatic heterocycles. The van der Waals surface area contributed by atoms with E-state index in [0.29, 0.717) is 11.4 Å². The Morgan fingerprint density at radius 1 is 1.10 bits per heavy atom. The Bertz CT molecular complexity index is 509. The van der Waals surface area contributed by atoms with Gasteiger partial charge in [-0.05, 0) is 39.8 Å². The summed E-state index contributed by atoms with van der Waals surface area (Å²) >= 11 is 0. The van der Waals surface area contributed by atoms with Gasteiger partial charge in [0.25, 0.3) is 5.91 Å². The Hall–Kier alpha value is -2.08. The highest BCUT2D eigenvalue weighted by atomic mass is 16.6. The van der Waals surface area contributed by atoms with Crippen molar-refractivity contribution in [2.24, 2.45) is 0 Å². The van der Waals surface area contributed by atoms with Gasteiger partial charge in [-0.15, -0.1) is 0 Å². The van der Waals surface area contributed by atoms with E-state index in [2.05, 4.69) is 10.6 Å². The van der Waals surface area contributed by atoms with Crippen molar-refractivity contribution in [3.8, 4) is 0 Å². The second-order valence-corrected chi connectivity index (χ2v) is 5.54. The van der Waals surface area contributed by atoms with Crippen LogP contribution in [-0.2, 0) is 14.3 Å². The predicted molar refractivity (Wildman–Crippen MR) is 81.4 cm³/mol. The number of amides is 2. The molecule has 1 aromatic carbocycles. The maximum atomic E-state index is 11.8. The number of benzene rings is 1. The van der Waals surface area contributed by atoms with Crippen molar-refractivity contribution in [3.05, 3.63) is 24.3 Å². The molecule has 0 saturated carbocycles. The third-order valence-electron chi connectivity index (χ3n) is 2.54. The molecule has 0 radical (unpaired) electrons. The van der Waals surface area contributed by atoms with Gasteiger partial charge in [-0.2, -0.15) is 0 Å². The lowest BCUT2D eigenvalue weighted by Gasteiger charge is -2.20. The standard InChI is InChI=1S/C15H22N2O4/c1-10(20-5)13(18)16-11-8-6-7-9-12(11)17-14(19)21-15(2,3)4/h6-10H,1-5H3,(H,16,18)(H,17,19)/t10-/m0/s1. The SMILES string of the molecule is CO[C@@H](C)C(=O)Nc1ccccc1NC(=O)OC(C)(C)C. The van der Waals surface area contributed by atoms with Crippen molar-refractivity contribution in [3.63, 3.8) is 0 Å². The fraction of sp³-hybridized carbons (Fsp3) is 0.467. The lowest BCUT2D eigenvalue weighted by atomic mass is 10.2. The van der Waals surface area contributed by atoms with Crippen molar-refractivity contribution >= 4 is 23.4 Å². The number of para-hydroxylation sites is 2. The maximum Gasteiger partial charge on any atom is 0.412 e. The van der Waals surface area contributed by atoms with Gasteiger partial charge in [0, 0.05) is 7.11 Å². The molecule has 0 unspecified atom stereocenters. The number of rotatable bonds is 4. The molecular weight excluding hydrogens is 272 g/mol. The summed E-state index contributed by atoms with van der Waals surface area (Å²) in [6, 6.07) is 6.87. The molecule has 0 saturated heterocycles. The average molecular weight is 294 g/mol. The van der Waals surface area contributed by atoms with Crippen LogP contribution in [0.5, 0.6) is 0 Å². The van der Waals surface area contributed by atoms with Crippen LogP contribution in [-0.4, -0.2) is 30.8 Å². The van der Waals surface area contributed by atoms with E-state index in [9.17, 15) is 9.59 Å². The lowest BCUT2D eigenvalue weighted by molar-refractivity contribution is -0.124. The van der Waals surface area contributed by atoms with Gasteiger partial charge >= 0.3 is 6.09 Å². The molecule has 0 spiro atoms. The minimum Gasteiger partial charge on any atom is -0.444 e. The van der Waals surface area contributed by atoms with Gasteiger partial charge in [0.2, 0.25) is 0 Å². The van der Waals surface area contributed by atoms with Crippen molar-refractivity contribution in [2.45, 2.75) is 39.4 Å². The van der Waals surface area contributed by atoms with Crippen LogP contribution in [0.2, 0.25) is 0 Å². The summed E-state index contributed by atoms with van der Waals surface area (Å²) < 4.78 is 10.1. The van der Waals surface area contributed by atoms with Gasteiger partial charge < -0.3 is 14.8 Å². The zero-order chi connectivity index (χ0) is 16.0. The van der Waals surface area contributed by atoms with Gasteiger partial charge in [0.05, 0.1) is 11.4 Å². The van der Waals surface area contributed by atoms with E-state index < -0.39 is 17.8 Å². The largest absolute Gasteiger partial charge is 0.444 e. The molecule has 2 amide bonds. The summed E-state index contributed by atoms with van der Waals surface area (Å²) in [7, 11) is 1.45. The van der Waals surface area contributed by atoms with Crippen LogP contribution in [0, 0.1) is 0 Å². The first-order valence-electron chi connectivity index (χ1n) is 6.65. The highest BCUT2D eigenvalue weighted by Crippen LogP contribution is 2.22. The summed E-state index contributed by atoms with van der Waals surface area (Å²) in [6.45, 7) is 6.97.